The zero-order chi connectivity index (χ0) is 33.0. The lowest BCUT2D eigenvalue weighted by Crippen LogP contribution is -2.40. The van der Waals surface area contributed by atoms with Crippen LogP contribution in [0.3, 0.4) is 0 Å². The third-order valence-electron chi connectivity index (χ3n) is 7.93. The Kier molecular flexibility index (Phi) is 9.22. The quantitative estimate of drug-likeness (QED) is 0.183. The molecule has 0 saturated heterocycles. The van der Waals surface area contributed by atoms with Crippen molar-refractivity contribution in [3.05, 3.63) is 157 Å². The minimum absolute atomic E-state index is 0.0999. The van der Waals surface area contributed by atoms with Gasteiger partial charge in [0, 0.05) is 5.69 Å². The Labute approximate surface area is 278 Å². The number of rotatable bonds is 9. The van der Waals surface area contributed by atoms with E-state index in [4.69, 9.17) is 14.5 Å². The average Bonchev–Trinajstić information content (AvgIpc) is 3.37. The van der Waals surface area contributed by atoms with E-state index in [1.54, 1.807) is 4.57 Å². The van der Waals surface area contributed by atoms with Gasteiger partial charge in [0.25, 0.3) is 11.5 Å². The molecule has 2 heterocycles. The van der Waals surface area contributed by atoms with E-state index < -0.39 is 6.04 Å². The lowest BCUT2D eigenvalue weighted by molar-refractivity contribution is -0.113. The number of carbonyl (C=O) groups excluding carboxylic acids is 1. The summed E-state index contributed by atoms with van der Waals surface area (Å²) in [6.45, 7) is 9.20. The van der Waals surface area contributed by atoms with Crippen LogP contribution in [0.25, 0.3) is 6.08 Å². The number of nitrogens with zero attached hydrogens (tertiary/aromatic N) is 2. The van der Waals surface area contributed by atoms with Crippen molar-refractivity contribution >= 4 is 29.0 Å². The number of thiazole rings is 1. The molecular formula is C39H37N3O4S. The Morgan fingerprint density at radius 2 is 1.43 bits per heavy atom. The number of fused-ring (bicyclic) bond motifs is 1. The zero-order valence-electron chi connectivity index (χ0n) is 26.9. The predicted molar refractivity (Wildman–Crippen MR) is 188 cm³/mol. The maximum absolute atomic E-state index is 13.9. The van der Waals surface area contributed by atoms with Gasteiger partial charge in [0.1, 0.15) is 24.7 Å². The number of hydrogen-bond donors (Lipinski definition) is 1. The van der Waals surface area contributed by atoms with E-state index in [1.807, 2.05) is 110 Å². The molecule has 5 aromatic rings. The Hall–Kier alpha value is -5.21. The largest absolute Gasteiger partial charge is 0.490 e. The number of aromatic nitrogens is 1. The van der Waals surface area contributed by atoms with Gasteiger partial charge in [0.15, 0.2) is 4.80 Å². The van der Waals surface area contributed by atoms with E-state index in [9.17, 15) is 9.59 Å². The Bertz CT molecular complexity index is 2070. The number of allylic oxidation sites excluding steroid dienone is 1. The maximum atomic E-state index is 13.9. The van der Waals surface area contributed by atoms with Crippen molar-refractivity contribution in [3.63, 3.8) is 0 Å². The van der Waals surface area contributed by atoms with E-state index in [0.717, 1.165) is 16.9 Å². The van der Waals surface area contributed by atoms with Crippen LogP contribution in [0, 0.1) is 0 Å². The third-order valence-corrected chi connectivity index (χ3v) is 8.92. The smallest absolute Gasteiger partial charge is 0.271 e. The molecule has 0 radical (unpaired) electrons. The number of anilines is 1. The first-order chi connectivity index (χ1) is 22.7. The van der Waals surface area contributed by atoms with Gasteiger partial charge < -0.3 is 14.8 Å². The first kappa shape index (κ1) is 31.8. The van der Waals surface area contributed by atoms with Crippen LogP contribution in [0.15, 0.2) is 130 Å². The first-order valence-electron chi connectivity index (χ1n) is 15.6. The van der Waals surface area contributed by atoms with E-state index >= 15 is 0 Å². The number of ether oxygens (including phenoxy) is 2. The van der Waals surface area contributed by atoms with E-state index in [2.05, 4.69) is 38.2 Å². The van der Waals surface area contributed by atoms with Crippen LogP contribution in [0.1, 0.15) is 50.4 Å². The number of carbonyl (C=O) groups is 1. The molecule has 1 atom stereocenters. The Balaban J connectivity index is 1.19. The van der Waals surface area contributed by atoms with Gasteiger partial charge >= 0.3 is 0 Å². The highest BCUT2D eigenvalue weighted by atomic mass is 32.1. The molecule has 4 aromatic carbocycles. The molecule has 0 spiro atoms. The molecule has 47 heavy (non-hydrogen) atoms. The normalized spacial score (nSPS) is 14.7. The van der Waals surface area contributed by atoms with E-state index in [-0.39, 0.29) is 16.9 Å². The average molecular weight is 644 g/mol. The highest BCUT2D eigenvalue weighted by molar-refractivity contribution is 7.07. The summed E-state index contributed by atoms with van der Waals surface area (Å²) in [4.78, 5) is 32.9. The summed E-state index contributed by atoms with van der Waals surface area (Å²) in [6, 6.07) is 34.0. The van der Waals surface area contributed by atoms with Crippen molar-refractivity contribution in [2.75, 3.05) is 18.5 Å². The molecule has 238 valence electrons. The molecule has 6 rings (SSSR count). The van der Waals surface area contributed by atoms with Gasteiger partial charge in [-0.1, -0.05) is 105 Å². The van der Waals surface area contributed by atoms with Gasteiger partial charge in [-0.05, 0) is 71.5 Å². The number of amides is 1. The van der Waals surface area contributed by atoms with Crippen molar-refractivity contribution in [1.82, 2.24) is 4.57 Å². The Morgan fingerprint density at radius 1 is 0.851 bits per heavy atom. The molecule has 1 aliphatic rings. The van der Waals surface area contributed by atoms with Crippen LogP contribution in [-0.4, -0.2) is 23.7 Å². The molecule has 1 N–H and O–H groups in total. The van der Waals surface area contributed by atoms with Gasteiger partial charge in [0.2, 0.25) is 0 Å². The highest BCUT2D eigenvalue weighted by Crippen LogP contribution is 2.31. The maximum Gasteiger partial charge on any atom is 0.271 e. The van der Waals surface area contributed by atoms with E-state index in [0.29, 0.717) is 45.3 Å². The first-order valence-corrected chi connectivity index (χ1v) is 16.4. The number of para-hydroxylation sites is 1. The van der Waals surface area contributed by atoms with Crippen LogP contribution in [0.2, 0.25) is 0 Å². The molecule has 0 bridgehead atoms. The molecular weight excluding hydrogens is 607 g/mol. The van der Waals surface area contributed by atoms with Crippen LogP contribution < -0.4 is 29.7 Å². The minimum Gasteiger partial charge on any atom is -0.490 e. The number of nitrogens with one attached hydrogen (secondary N) is 1. The monoisotopic (exact) mass is 643 g/mol. The lowest BCUT2D eigenvalue weighted by Gasteiger charge is -2.25. The van der Waals surface area contributed by atoms with Crippen LogP contribution in [0.5, 0.6) is 11.5 Å². The van der Waals surface area contributed by atoms with Gasteiger partial charge in [-0.2, -0.15) is 0 Å². The molecule has 1 aliphatic heterocycles. The fourth-order valence-electron chi connectivity index (χ4n) is 5.46. The van der Waals surface area contributed by atoms with Crippen molar-refractivity contribution in [2.45, 2.75) is 39.2 Å². The fourth-order valence-corrected chi connectivity index (χ4v) is 6.51. The van der Waals surface area contributed by atoms with Crippen LogP contribution in [0.4, 0.5) is 5.69 Å². The highest BCUT2D eigenvalue weighted by Gasteiger charge is 2.32. The second-order valence-corrected chi connectivity index (χ2v) is 13.4. The molecule has 0 aliphatic carbocycles. The molecule has 1 amide bonds. The van der Waals surface area contributed by atoms with E-state index in [1.165, 1.54) is 16.9 Å². The summed E-state index contributed by atoms with van der Waals surface area (Å²) in [7, 11) is 0. The summed E-state index contributed by atoms with van der Waals surface area (Å²) in [5, 5.41) is 2.98. The fraction of sp³-hybridized carbons (Fsp3) is 0.205. The summed E-state index contributed by atoms with van der Waals surface area (Å²) < 4.78 is 13.9. The van der Waals surface area contributed by atoms with Gasteiger partial charge in [-0.3, -0.25) is 14.2 Å². The Morgan fingerprint density at radius 3 is 2.02 bits per heavy atom. The summed E-state index contributed by atoms with van der Waals surface area (Å²) >= 11 is 1.31. The molecule has 0 saturated carbocycles. The summed E-state index contributed by atoms with van der Waals surface area (Å²) in [5.74, 6) is 1.23. The summed E-state index contributed by atoms with van der Waals surface area (Å²) in [6.07, 6.45) is 1.85. The molecule has 8 heteroatoms. The molecule has 0 fully saturated rings. The van der Waals surface area contributed by atoms with Crippen molar-refractivity contribution in [3.8, 4) is 11.5 Å². The minimum atomic E-state index is -0.618. The molecule has 7 nitrogen and oxygen atoms in total. The second-order valence-electron chi connectivity index (χ2n) is 12.4. The zero-order valence-corrected chi connectivity index (χ0v) is 27.7. The third kappa shape index (κ3) is 7.28. The number of benzene rings is 4. The van der Waals surface area contributed by atoms with Crippen molar-refractivity contribution in [2.24, 2.45) is 4.99 Å². The molecule has 0 unspecified atom stereocenters. The topological polar surface area (TPSA) is 81.9 Å². The van der Waals surface area contributed by atoms with Crippen molar-refractivity contribution < 1.29 is 14.3 Å². The van der Waals surface area contributed by atoms with Crippen molar-refractivity contribution in [1.29, 1.82) is 0 Å². The molecule has 1 aromatic heterocycles. The van der Waals surface area contributed by atoms with Gasteiger partial charge in [-0.25, -0.2) is 4.99 Å². The van der Waals surface area contributed by atoms with Crippen LogP contribution in [-0.2, 0) is 10.2 Å². The lowest BCUT2D eigenvalue weighted by atomic mass is 9.87. The van der Waals surface area contributed by atoms with Gasteiger partial charge in [-0.15, -0.1) is 0 Å². The van der Waals surface area contributed by atoms with Gasteiger partial charge in [0.05, 0.1) is 21.8 Å². The SMILES string of the molecule is CC1=C(C(=O)Nc2ccccc2)[C@@H](c2ccccc2)n2c(s/c(=C/c3ccc(OCCOc4ccc(C(C)(C)C)cc4)cc3)c2=O)=N1. The van der Waals surface area contributed by atoms with Crippen LogP contribution >= 0.6 is 11.3 Å². The summed E-state index contributed by atoms with van der Waals surface area (Å²) in [5.41, 5.74) is 4.53. The predicted octanol–water partition coefficient (Wildman–Crippen LogP) is 6.63. The second kappa shape index (κ2) is 13.6. The standard InChI is InChI=1S/C39H37N3O4S/c1-26-34(36(43)41-30-13-9-6-10-14-30)35(28-11-7-5-8-12-28)42-37(44)33(47-38(42)40-26)25-27-15-19-31(20-16-27)45-23-24-46-32-21-17-29(18-22-32)39(2,3)4/h5-22,25,35H,23-24H2,1-4H3,(H,41,43)/b33-25+/t35-/m1/s1. The number of hydrogen-bond acceptors (Lipinski definition) is 6.